The van der Waals surface area contributed by atoms with Gasteiger partial charge in [-0.3, -0.25) is 18.9 Å². The summed E-state index contributed by atoms with van der Waals surface area (Å²) in [5, 5.41) is 4.98. The monoisotopic (exact) mass is 337 g/mol. The molecule has 114 valence electrons. The fourth-order valence-electron chi connectivity index (χ4n) is 1.94. The van der Waals surface area contributed by atoms with Gasteiger partial charge in [-0.2, -0.15) is 0 Å². The summed E-state index contributed by atoms with van der Waals surface area (Å²) in [6.45, 7) is 0. The Morgan fingerprint density at radius 3 is 2.91 bits per heavy atom. The fourth-order valence-corrected chi connectivity index (χ4v) is 3.47. The molecule has 3 aromatic rings. The summed E-state index contributed by atoms with van der Waals surface area (Å²) in [6.07, 6.45) is 1.51. The lowest BCUT2D eigenvalue weighted by molar-refractivity contribution is 0.102. The van der Waals surface area contributed by atoms with Gasteiger partial charge in [-0.05, 0) is 12.1 Å². The molecule has 0 saturated heterocycles. The summed E-state index contributed by atoms with van der Waals surface area (Å²) in [7, 11) is 0.364. The molecule has 7 nitrogen and oxygen atoms in total. The molecule has 9 heteroatoms. The van der Waals surface area contributed by atoms with Crippen LogP contribution in [0.1, 0.15) is 10.4 Å². The average Bonchev–Trinajstić information content (AvgIpc) is 3.05. The number of fused-ring (bicyclic) bond motifs is 1. The van der Waals surface area contributed by atoms with Gasteiger partial charge in [-0.1, -0.05) is 6.07 Å². The van der Waals surface area contributed by atoms with Crippen molar-refractivity contribution in [1.29, 1.82) is 0 Å². The summed E-state index contributed by atoms with van der Waals surface area (Å²) in [5.41, 5.74) is 1.00. The van der Waals surface area contributed by atoms with Crippen LogP contribution in [0.5, 0.6) is 0 Å². The minimum atomic E-state index is -1.20. The number of hydrogen-bond acceptors (Lipinski definition) is 6. The van der Waals surface area contributed by atoms with E-state index in [4.69, 9.17) is 4.42 Å². The first-order valence-electron chi connectivity index (χ1n) is 6.16. The van der Waals surface area contributed by atoms with Crippen LogP contribution < -0.4 is 11.1 Å². The Morgan fingerprint density at radius 1 is 1.45 bits per heavy atom. The Morgan fingerprint density at radius 2 is 2.23 bits per heavy atom. The Balaban J connectivity index is 1.96. The van der Waals surface area contributed by atoms with Gasteiger partial charge in [0, 0.05) is 18.7 Å². The highest BCUT2D eigenvalue weighted by atomic mass is 32.2. The number of anilines is 1. The molecule has 2 aromatic heterocycles. The van der Waals surface area contributed by atoms with Crippen LogP contribution in [0, 0.1) is 0 Å². The molecule has 0 aliphatic heterocycles. The minimum Gasteiger partial charge on any atom is -0.407 e. The normalized spacial score (nSPS) is 12.5. The fraction of sp³-hybridized carbons (Fsp3) is 0.154. The van der Waals surface area contributed by atoms with Crippen molar-refractivity contribution in [2.75, 3.05) is 11.6 Å². The van der Waals surface area contributed by atoms with Crippen LogP contribution in [0.15, 0.2) is 37.8 Å². The molecule has 0 saturated carbocycles. The third-order valence-electron chi connectivity index (χ3n) is 3.06. The number of carbonyl (C=O) groups is 1. The van der Waals surface area contributed by atoms with Crippen molar-refractivity contribution in [1.82, 2.24) is 9.55 Å². The molecule has 2 heterocycles. The van der Waals surface area contributed by atoms with Crippen molar-refractivity contribution < 1.29 is 13.4 Å². The zero-order valence-corrected chi connectivity index (χ0v) is 13.3. The molecule has 1 unspecified atom stereocenters. The first kappa shape index (κ1) is 14.7. The quantitative estimate of drug-likeness (QED) is 0.783. The predicted octanol–water partition coefficient (Wildman–Crippen LogP) is 1.58. The van der Waals surface area contributed by atoms with Crippen molar-refractivity contribution in [2.24, 2.45) is 7.05 Å². The van der Waals surface area contributed by atoms with E-state index in [-0.39, 0.29) is 11.1 Å². The number of oxazole rings is 1. The molecule has 0 spiro atoms. The number of thiazole rings is 1. The van der Waals surface area contributed by atoms with Crippen LogP contribution in [0.25, 0.3) is 11.1 Å². The standard InChI is InChI=1S/C13H11N3O4S2/c1-16-8-5-3-4-7(10(8)20-13(16)18)11(17)15-12-14-9(6-21-12)22(2)19/h3-6H,1-2H3,(H,14,15,17). The summed E-state index contributed by atoms with van der Waals surface area (Å²) in [5.74, 6) is -0.976. The molecular weight excluding hydrogens is 326 g/mol. The summed E-state index contributed by atoms with van der Waals surface area (Å²) >= 11 is 1.18. The van der Waals surface area contributed by atoms with E-state index >= 15 is 0 Å². The van der Waals surface area contributed by atoms with Crippen molar-refractivity contribution in [3.8, 4) is 0 Å². The van der Waals surface area contributed by atoms with Gasteiger partial charge in [0.2, 0.25) is 0 Å². The number of aryl methyl sites for hydroxylation is 1. The molecule has 22 heavy (non-hydrogen) atoms. The smallest absolute Gasteiger partial charge is 0.407 e. The van der Waals surface area contributed by atoms with Gasteiger partial charge in [0.25, 0.3) is 5.91 Å². The van der Waals surface area contributed by atoms with E-state index < -0.39 is 22.5 Å². The second-order valence-corrected chi connectivity index (χ2v) is 6.66. The molecular formula is C13H11N3O4S2. The summed E-state index contributed by atoms with van der Waals surface area (Å²) < 4.78 is 17.8. The first-order chi connectivity index (χ1) is 10.5. The van der Waals surface area contributed by atoms with E-state index in [1.54, 1.807) is 30.6 Å². The van der Waals surface area contributed by atoms with Crippen LogP contribution in [0.3, 0.4) is 0 Å². The van der Waals surface area contributed by atoms with E-state index in [0.29, 0.717) is 15.7 Å². The Kier molecular flexibility index (Phi) is 3.67. The molecule has 1 amide bonds. The lowest BCUT2D eigenvalue weighted by Crippen LogP contribution is -2.12. The third-order valence-corrected chi connectivity index (χ3v) is 4.77. The average molecular weight is 337 g/mol. The molecule has 3 rings (SSSR count). The summed E-state index contributed by atoms with van der Waals surface area (Å²) in [6, 6.07) is 4.92. The second kappa shape index (κ2) is 5.50. The number of nitrogens with one attached hydrogen (secondary N) is 1. The maximum atomic E-state index is 12.3. The van der Waals surface area contributed by atoms with E-state index in [1.807, 2.05) is 0 Å². The third kappa shape index (κ3) is 2.48. The van der Waals surface area contributed by atoms with Gasteiger partial charge in [0.15, 0.2) is 10.7 Å². The Labute approximate surface area is 131 Å². The van der Waals surface area contributed by atoms with Crippen molar-refractivity contribution in [3.05, 3.63) is 39.7 Å². The topological polar surface area (TPSA) is 94.2 Å². The predicted molar refractivity (Wildman–Crippen MR) is 83.9 cm³/mol. The van der Waals surface area contributed by atoms with Crippen molar-refractivity contribution in [2.45, 2.75) is 5.03 Å². The highest BCUT2D eigenvalue weighted by Crippen LogP contribution is 2.21. The minimum absolute atomic E-state index is 0.225. The maximum Gasteiger partial charge on any atom is 0.419 e. The van der Waals surface area contributed by atoms with E-state index in [2.05, 4.69) is 10.3 Å². The molecule has 0 aliphatic rings. The van der Waals surface area contributed by atoms with Crippen LogP contribution in [0.2, 0.25) is 0 Å². The van der Waals surface area contributed by atoms with Crippen molar-refractivity contribution in [3.63, 3.8) is 0 Å². The lowest BCUT2D eigenvalue weighted by atomic mass is 10.2. The highest BCUT2D eigenvalue weighted by Gasteiger charge is 2.17. The Bertz CT molecular complexity index is 954. The summed E-state index contributed by atoms with van der Waals surface area (Å²) in [4.78, 5) is 28.0. The van der Waals surface area contributed by atoms with E-state index in [9.17, 15) is 13.8 Å². The maximum absolute atomic E-state index is 12.3. The van der Waals surface area contributed by atoms with Gasteiger partial charge in [0.05, 0.1) is 21.9 Å². The van der Waals surface area contributed by atoms with E-state index in [1.165, 1.54) is 22.2 Å². The zero-order chi connectivity index (χ0) is 15.9. The van der Waals surface area contributed by atoms with Gasteiger partial charge < -0.3 is 4.42 Å². The largest absolute Gasteiger partial charge is 0.419 e. The first-order valence-corrected chi connectivity index (χ1v) is 8.60. The number of aromatic nitrogens is 2. The van der Waals surface area contributed by atoms with Gasteiger partial charge in [-0.25, -0.2) is 9.78 Å². The lowest BCUT2D eigenvalue weighted by Gasteiger charge is -2.02. The molecule has 0 aliphatic carbocycles. The van der Waals surface area contributed by atoms with Gasteiger partial charge in [-0.15, -0.1) is 11.3 Å². The number of para-hydroxylation sites is 1. The van der Waals surface area contributed by atoms with Gasteiger partial charge >= 0.3 is 5.76 Å². The zero-order valence-electron chi connectivity index (χ0n) is 11.7. The van der Waals surface area contributed by atoms with E-state index in [0.717, 1.165) is 0 Å². The molecule has 0 radical (unpaired) electrons. The van der Waals surface area contributed by atoms with Crippen LogP contribution >= 0.6 is 11.3 Å². The number of nitrogens with zero attached hydrogens (tertiary/aromatic N) is 2. The number of hydrogen-bond donors (Lipinski definition) is 1. The number of carbonyl (C=O) groups excluding carboxylic acids is 1. The Hall–Kier alpha value is -2.26. The molecule has 1 N–H and O–H groups in total. The molecule has 1 atom stereocenters. The molecule has 0 bridgehead atoms. The highest BCUT2D eigenvalue weighted by molar-refractivity contribution is 7.84. The second-order valence-electron chi connectivity index (χ2n) is 4.48. The van der Waals surface area contributed by atoms with Crippen LogP contribution in [-0.4, -0.2) is 25.9 Å². The number of benzene rings is 1. The van der Waals surface area contributed by atoms with Crippen LogP contribution in [-0.2, 0) is 17.8 Å². The number of rotatable bonds is 3. The van der Waals surface area contributed by atoms with Gasteiger partial charge in [0.1, 0.15) is 5.03 Å². The van der Waals surface area contributed by atoms with Crippen LogP contribution in [0.4, 0.5) is 5.13 Å². The molecule has 1 aromatic carbocycles. The van der Waals surface area contributed by atoms with Crippen molar-refractivity contribution >= 4 is 44.3 Å². The molecule has 0 fully saturated rings. The number of amides is 1. The SMILES string of the molecule is Cn1c(=O)oc2c(C(=O)Nc3nc(S(C)=O)cs3)cccc21.